The SMILES string of the molecule is Cc1ccc(C(=O)Nc2cccc(C(=O)c3ccccc3)c2)cc1Nc1nccc(-c2cccnc2)n1. The average Bonchev–Trinajstić information content (AvgIpc) is 2.95. The molecule has 0 saturated heterocycles. The van der Waals surface area contributed by atoms with Gasteiger partial charge in [0.2, 0.25) is 5.95 Å². The van der Waals surface area contributed by atoms with Crippen LogP contribution < -0.4 is 10.6 Å². The molecule has 2 aromatic heterocycles. The van der Waals surface area contributed by atoms with Gasteiger partial charge in [-0.15, -0.1) is 0 Å². The molecule has 0 radical (unpaired) electrons. The van der Waals surface area contributed by atoms with Crippen LogP contribution in [0.25, 0.3) is 11.3 Å². The van der Waals surface area contributed by atoms with Crippen LogP contribution in [0.15, 0.2) is 110 Å². The van der Waals surface area contributed by atoms with Crippen LogP contribution in [0, 0.1) is 6.92 Å². The highest BCUT2D eigenvalue weighted by molar-refractivity contribution is 6.10. The number of ketones is 1. The van der Waals surface area contributed by atoms with E-state index in [1.807, 2.05) is 49.4 Å². The van der Waals surface area contributed by atoms with Gasteiger partial charge in [0.25, 0.3) is 5.91 Å². The van der Waals surface area contributed by atoms with Gasteiger partial charge in [-0.1, -0.05) is 48.5 Å². The van der Waals surface area contributed by atoms with Gasteiger partial charge in [0.1, 0.15) is 0 Å². The minimum Gasteiger partial charge on any atom is -0.324 e. The lowest BCUT2D eigenvalue weighted by Gasteiger charge is -2.12. The van der Waals surface area contributed by atoms with Crippen LogP contribution in [0.1, 0.15) is 31.8 Å². The fourth-order valence-electron chi connectivity index (χ4n) is 3.81. The van der Waals surface area contributed by atoms with E-state index in [0.717, 1.165) is 16.8 Å². The smallest absolute Gasteiger partial charge is 0.255 e. The van der Waals surface area contributed by atoms with Gasteiger partial charge >= 0.3 is 0 Å². The second-order valence-corrected chi connectivity index (χ2v) is 8.39. The zero-order valence-corrected chi connectivity index (χ0v) is 20.1. The molecule has 37 heavy (non-hydrogen) atoms. The van der Waals surface area contributed by atoms with E-state index in [4.69, 9.17) is 0 Å². The molecule has 0 spiro atoms. The van der Waals surface area contributed by atoms with Crippen LogP contribution in [0.2, 0.25) is 0 Å². The summed E-state index contributed by atoms with van der Waals surface area (Å²) in [5.41, 5.74) is 5.35. The van der Waals surface area contributed by atoms with Crippen molar-refractivity contribution >= 4 is 29.0 Å². The number of anilines is 3. The standard InChI is InChI=1S/C30H23N5O2/c1-20-12-13-23(18-27(20)35-30-32-16-14-26(34-30)24-10-6-15-31-19-24)29(37)33-25-11-5-9-22(17-25)28(36)21-7-3-2-4-8-21/h2-19H,1H3,(H,33,37)(H,32,34,35). The number of aromatic nitrogens is 3. The van der Waals surface area contributed by atoms with Gasteiger partial charge in [-0.05, 0) is 55.0 Å². The number of nitrogens with zero attached hydrogens (tertiary/aromatic N) is 3. The summed E-state index contributed by atoms with van der Waals surface area (Å²) in [4.78, 5) is 38.9. The predicted molar refractivity (Wildman–Crippen MR) is 144 cm³/mol. The van der Waals surface area contributed by atoms with Crippen molar-refractivity contribution in [3.8, 4) is 11.3 Å². The molecule has 3 aromatic carbocycles. The Bertz CT molecular complexity index is 1570. The second kappa shape index (κ2) is 10.6. The number of pyridine rings is 1. The van der Waals surface area contributed by atoms with Crippen LogP contribution in [-0.4, -0.2) is 26.6 Å². The van der Waals surface area contributed by atoms with E-state index in [2.05, 4.69) is 25.6 Å². The molecule has 0 fully saturated rings. The molecular formula is C30H23N5O2. The number of nitrogens with one attached hydrogen (secondary N) is 2. The third-order valence-corrected chi connectivity index (χ3v) is 5.78. The number of amides is 1. The maximum Gasteiger partial charge on any atom is 0.255 e. The Balaban J connectivity index is 1.33. The second-order valence-electron chi connectivity index (χ2n) is 8.39. The summed E-state index contributed by atoms with van der Waals surface area (Å²) in [7, 11) is 0. The molecule has 5 rings (SSSR count). The summed E-state index contributed by atoms with van der Waals surface area (Å²) in [5, 5.41) is 6.11. The highest BCUT2D eigenvalue weighted by atomic mass is 16.1. The maximum absolute atomic E-state index is 13.1. The van der Waals surface area contributed by atoms with Gasteiger partial charge in [0, 0.05) is 52.2 Å². The third kappa shape index (κ3) is 5.57. The first kappa shape index (κ1) is 23.6. The molecule has 0 aliphatic rings. The molecule has 2 heterocycles. The van der Waals surface area contributed by atoms with Gasteiger partial charge < -0.3 is 10.6 Å². The minimum absolute atomic E-state index is 0.105. The van der Waals surface area contributed by atoms with Crippen molar-refractivity contribution in [1.82, 2.24) is 15.0 Å². The van der Waals surface area contributed by atoms with E-state index >= 15 is 0 Å². The molecule has 0 atom stereocenters. The first-order valence-electron chi connectivity index (χ1n) is 11.7. The number of aryl methyl sites for hydroxylation is 1. The van der Waals surface area contributed by atoms with Crippen LogP contribution in [0.4, 0.5) is 17.3 Å². The Kier molecular flexibility index (Phi) is 6.76. The van der Waals surface area contributed by atoms with Crippen molar-refractivity contribution < 1.29 is 9.59 Å². The zero-order valence-electron chi connectivity index (χ0n) is 20.1. The summed E-state index contributed by atoms with van der Waals surface area (Å²) < 4.78 is 0. The molecular weight excluding hydrogens is 462 g/mol. The molecule has 0 aliphatic heterocycles. The molecule has 180 valence electrons. The highest BCUT2D eigenvalue weighted by Gasteiger charge is 2.13. The Labute approximate surface area is 214 Å². The van der Waals surface area contributed by atoms with Gasteiger partial charge in [0.05, 0.1) is 5.69 Å². The van der Waals surface area contributed by atoms with Gasteiger partial charge in [-0.2, -0.15) is 0 Å². The summed E-state index contributed by atoms with van der Waals surface area (Å²) >= 11 is 0. The van der Waals surface area contributed by atoms with Crippen LogP contribution in [0.3, 0.4) is 0 Å². The average molecular weight is 486 g/mol. The third-order valence-electron chi connectivity index (χ3n) is 5.78. The first-order valence-corrected chi connectivity index (χ1v) is 11.7. The maximum atomic E-state index is 13.1. The quantitative estimate of drug-likeness (QED) is 0.272. The van der Waals surface area contributed by atoms with Crippen molar-refractivity contribution in [3.05, 3.63) is 132 Å². The van der Waals surface area contributed by atoms with Crippen LogP contribution in [-0.2, 0) is 0 Å². The molecule has 5 aromatic rings. The fourth-order valence-corrected chi connectivity index (χ4v) is 3.81. The first-order chi connectivity index (χ1) is 18.1. The molecule has 0 saturated carbocycles. The normalized spacial score (nSPS) is 10.5. The Hall–Kier alpha value is -5.17. The Morgan fingerprint density at radius 2 is 1.59 bits per heavy atom. The van der Waals surface area contributed by atoms with Crippen LogP contribution >= 0.6 is 0 Å². The number of hydrogen-bond donors (Lipinski definition) is 2. The lowest BCUT2D eigenvalue weighted by molar-refractivity contribution is 0.102. The summed E-state index contributed by atoms with van der Waals surface area (Å²) in [6.45, 7) is 1.94. The van der Waals surface area contributed by atoms with Gasteiger partial charge in [0.15, 0.2) is 5.78 Å². The molecule has 2 N–H and O–H groups in total. The molecule has 7 nitrogen and oxygen atoms in total. The number of carbonyl (C=O) groups excluding carboxylic acids is 2. The summed E-state index contributed by atoms with van der Waals surface area (Å²) in [6, 6.07) is 26.9. The Morgan fingerprint density at radius 3 is 2.41 bits per heavy atom. The zero-order chi connectivity index (χ0) is 25.6. The molecule has 1 amide bonds. The lowest BCUT2D eigenvalue weighted by Crippen LogP contribution is -2.13. The number of carbonyl (C=O) groups is 2. The van der Waals surface area contributed by atoms with E-state index in [1.165, 1.54) is 0 Å². The van der Waals surface area contributed by atoms with Crippen molar-refractivity contribution in [1.29, 1.82) is 0 Å². The molecule has 7 heteroatoms. The fraction of sp³-hybridized carbons (Fsp3) is 0.0333. The van der Waals surface area contributed by atoms with E-state index < -0.39 is 0 Å². The van der Waals surface area contributed by atoms with Crippen molar-refractivity contribution in [3.63, 3.8) is 0 Å². The summed E-state index contributed by atoms with van der Waals surface area (Å²) in [6.07, 6.45) is 5.12. The van der Waals surface area contributed by atoms with E-state index in [0.29, 0.717) is 34.0 Å². The monoisotopic (exact) mass is 485 g/mol. The predicted octanol–water partition coefficient (Wildman–Crippen LogP) is 6.07. The lowest BCUT2D eigenvalue weighted by atomic mass is 10.0. The van der Waals surface area contributed by atoms with Crippen molar-refractivity contribution in [2.45, 2.75) is 6.92 Å². The Morgan fingerprint density at radius 1 is 0.757 bits per heavy atom. The van der Waals surface area contributed by atoms with Gasteiger partial charge in [-0.25, -0.2) is 9.97 Å². The largest absolute Gasteiger partial charge is 0.324 e. The molecule has 0 bridgehead atoms. The molecule has 0 unspecified atom stereocenters. The topological polar surface area (TPSA) is 96.9 Å². The number of rotatable bonds is 7. The molecule has 0 aliphatic carbocycles. The number of benzene rings is 3. The number of hydrogen-bond acceptors (Lipinski definition) is 6. The van der Waals surface area contributed by atoms with E-state index in [-0.39, 0.29) is 11.7 Å². The van der Waals surface area contributed by atoms with Crippen molar-refractivity contribution in [2.24, 2.45) is 0 Å². The van der Waals surface area contributed by atoms with E-state index in [9.17, 15) is 9.59 Å². The van der Waals surface area contributed by atoms with Crippen molar-refractivity contribution in [2.75, 3.05) is 10.6 Å². The summed E-state index contributed by atoms with van der Waals surface area (Å²) in [5.74, 6) is 0.0126. The highest BCUT2D eigenvalue weighted by Crippen LogP contribution is 2.23. The minimum atomic E-state index is -0.294. The van der Waals surface area contributed by atoms with Crippen LogP contribution in [0.5, 0.6) is 0 Å². The van der Waals surface area contributed by atoms with Gasteiger partial charge in [-0.3, -0.25) is 14.6 Å². The van der Waals surface area contributed by atoms with E-state index in [1.54, 1.807) is 67.1 Å².